The molecule has 0 radical (unpaired) electrons. The van der Waals surface area contributed by atoms with Gasteiger partial charge in [0.05, 0.1) is 23.9 Å². The van der Waals surface area contributed by atoms with Gasteiger partial charge in [0, 0.05) is 5.39 Å². The van der Waals surface area contributed by atoms with Crippen molar-refractivity contribution in [2.75, 3.05) is 12.4 Å². The van der Waals surface area contributed by atoms with E-state index in [0.717, 1.165) is 10.9 Å². The Hall–Kier alpha value is -3.12. The number of nitrogens with zero attached hydrogens (tertiary/aromatic N) is 1. The number of anilines is 1. The number of hydrogen-bond acceptors (Lipinski definition) is 5. The van der Waals surface area contributed by atoms with E-state index in [1.807, 2.05) is 13.0 Å². The molecule has 144 valence electrons. The van der Waals surface area contributed by atoms with Crippen LogP contribution in [0.15, 0.2) is 48.5 Å². The fourth-order valence-corrected chi connectivity index (χ4v) is 2.82. The van der Waals surface area contributed by atoms with Crippen molar-refractivity contribution in [1.29, 1.82) is 0 Å². The smallest absolute Gasteiger partial charge is 0.338 e. The fourth-order valence-electron chi connectivity index (χ4n) is 2.66. The molecule has 1 unspecified atom stereocenters. The highest BCUT2D eigenvalue weighted by Gasteiger charge is 2.20. The standard InChI is InChI=1S/C21H19ClN2O4/c1-12-4-8-18(27-3)17(10-12)24-20(25)13(2)28-21(26)15-5-7-16-14(11-15)6-9-19(22)23-16/h4-11,13H,1-3H3,(H,24,25). The van der Waals surface area contributed by atoms with Crippen LogP contribution >= 0.6 is 11.6 Å². The number of ether oxygens (including phenoxy) is 2. The van der Waals surface area contributed by atoms with Gasteiger partial charge in [0.2, 0.25) is 0 Å². The molecule has 3 rings (SSSR count). The van der Waals surface area contributed by atoms with Crippen LogP contribution in [0.5, 0.6) is 5.75 Å². The van der Waals surface area contributed by atoms with Gasteiger partial charge in [0.1, 0.15) is 10.9 Å². The van der Waals surface area contributed by atoms with Crippen molar-refractivity contribution < 1.29 is 19.1 Å². The molecule has 2 aromatic carbocycles. The molecule has 1 aromatic heterocycles. The summed E-state index contributed by atoms with van der Waals surface area (Å²) in [7, 11) is 1.52. The summed E-state index contributed by atoms with van der Waals surface area (Å²) in [5.41, 5.74) is 2.47. The van der Waals surface area contributed by atoms with Gasteiger partial charge in [0.25, 0.3) is 5.91 Å². The van der Waals surface area contributed by atoms with E-state index in [1.165, 1.54) is 14.0 Å². The Bertz CT molecular complexity index is 1050. The van der Waals surface area contributed by atoms with Gasteiger partial charge in [-0.05, 0) is 61.9 Å². The number of pyridine rings is 1. The van der Waals surface area contributed by atoms with E-state index in [1.54, 1.807) is 42.5 Å². The largest absolute Gasteiger partial charge is 0.495 e. The molecule has 0 aliphatic heterocycles. The number of amides is 1. The Balaban J connectivity index is 1.71. The number of fused-ring (bicyclic) bond motifs is 1. The molecule has 3 aromatic rings. The lowest BCUT2D eigenvalue weighted by Gasteiger charge is -2.16. The van der Waals surface area contributed by atoms with Gasteiger partial charge in [-0.25, -0.2) is 9.78 Å². The number of halogens is 1. The first kappa shape index (κ1) is 19.6. The summed E-state index contributed by atoms with van der Waals surface area (Å²) in [6, 6.07) is 13.7. The van der Waals surface area contributed by atoms with Crippen molar-refractivity contribution in [3.8, 4) is 5.75 Å². The molecular weight excluding hydrogens is 380 g/mol. The van der Waals surface area contributed by atoms with E-state index < -0.39 is 18.0 Å². The van der Waals surface area contributed by atoms with Gasteiger partial charge in [-0.2, -0.15) is 0 Å². The average molecular weight is 399 g/mol. The summed E-state index contributed by atoms with van der Waals surface area (Å²) in [4.78, 5) is 29.0. The second-order valence-corrected chi connectivity index (χ2v) is 6.67. The second-order valence-electron chi connectivity index (χ2n) is 6.28. The Morgan fingerprint density at radius 1 is 1.11 bits per heavy atom. The van der Waals surface area contributed by atoms with Gasteiger partial charge in [0.15, 0.2) is 6.10 Å². The average Bonchev–Trinajstić information content (AvgIpc) is 2.67. The summed E-state index contributed by atoms with van der Waals surface area (Å²) >= 11 is 5.87. The zero-order chi connectivity index (χ0) is 20.3. The number of aryl methyl sites for hydroxylation is 1. The predicted octanol–water partition coefficient (Wildman–Crippen LogP) is 4.39. The van der Waals surface area contributed by atoms with Crippen LogP contribution in [0.4, 0.5) is 5.69 Å². The molecule has 1 atom stereocenters. The maximum absolute atomic E-state index is 12.4. The summed E-state index contributed by atoms with van der Waals surface area (Å²) < 4.78 is 10.6. The van der Waals surface area contributed by atoms with E-state index in [9.17, 15) is 9.59 Å². The third-order valence-electron chi connectivity index (χ3n) is 4.16. The van der Waals surface area contributed by atoms with Crippen molar-refractivity contribution in [3.63, 3.8) is 0 Å². The molecule has 0 spiro atoms. The lowest BCUT2D eigenvalue weighted by Crippen LogP contribution is -2.30. The lowest BCUT2D eigenvalue weighted by atomic mass is 10.1. The van der Waals surface area contributed by atoms with E-state index in [-0.39, 0.29) is 0 Å². The quantitative estimate of drug-likeness (QED) is 0.509. The first-order valence-electron chi connectivity index (χ1n) is 8.60. The predicted molar refractivity (Wildman–Crippen MR) is 108 cm³/mol. The van der Waals surface area contributed by atoms with Crippen LogP contribution in [0.2, 0.25) is 5.15 Å². The maximum Gasteiger partial charge on any atom is 0.338 e. The van der Waals surface area contributed by atoms with Crippen LogP contribution in [-0.2, 0) is 9.53 Å². The van der Waals surface area contributed by atoms with Gasteiger partial charge < -0.3 is 14.8 Å². The molecule has 1 heterocycles. The van der Waals surface area contributed by atoms with Gasteiger partial charge in [-0.15, -0.1) is 0 Å². The first-order valence-corrected chi connectivity index (χ1v) is 8.98. The molecule has 1 N–H and O–H groups in total. The molecule has 7 heteroatoms. The number of methoxy groups -OCH3 is 1. The van der Waals surface area contributed by atoms with Crippen LogP contribution in [0, 0.1) is 6.92 Å². The Labute approximate surface area is 167 Å². The van der Waals surface area contributed by atoms with Crippen LogP contribution < -0.4 is 10.1 Å². The van der Waals surface area contributed by atoms with Crippen LogP contribution in [-0.4, -0.2) is 30.1 Å². The zero-order valence-electron chi connectivity index (χ0n) is 15.7. The molecule has 0 bridgehead atoms. The highest BCUT2D eigenvalue weighted by Crippen LogP contribution is 2.25. The lowest BCUT2D eigenvalue weighted by molar-refractivity contribution is -0.123. The topological polar surface area (TPSA) is 77.5 Å². The van der Waals surface area contributed by atoms with Crippen LogP contribution in [0.3, 0.4) is 0 Å². The molecule has 28 heavy (non-hydrogen) atoms. The minimum absolute atomic E-state index is 0.324. The van der Waals surface area contributed by atoms with Gasteiger partial charge >= 0.3 is 5.97 Å². The number of carbonyl (C=O) groups is 2. The third kappa shape index (κ3) is 4.40. The fraction of sp³-hybridized carbons (Fsp3) is 0.190. The summed E-state index contributed by atoms with van der Waals surface area (Å²) in [5.74, 6) is -0.527. The highest BCUT2D eigenvalue weighted by molar-refractivity contribution is 6.29. The molecule has 0 saturated heterocycles. The van der Waals surface area contributed by atoms with Crippen molar-refractivity contribution >= 4 is 40.1 Å². The Morgan fingerprint density at radius 2 is 1.89 bits per heavy atom. The van der Waals surface area contributed by atoms with Gasteiger partial charge in [-0.1, -0.05) is 17.7 Å². The Morgan fingerprint density at radius 3 is 2.64 bits per heavy atom. The number of benzene rings is 2. The number of nitrogens with one attached hydrogen (secondary N) is 1. The summed E-state index contributed by atoms with van der Waals surface area (Å²) in [6.07, 6.45) is -0.989. The molecular formula is C21H19ClN2O4. The monoisotopic (exact) mass is 398 g/mol. The molecule has 0 aliphatic rings. The molecule has 0 aliphatic carbocycles. The van der Waals surface area contributed by atoms with Crippen molar-refractivity contribution in [2.45, 2.75) is 20.0 Å². The summed E-state index contributed by atoms with van der Waals surface area (Å²) in [5, 5.41) is 3.85. The minimum Gasteiger partial charge on any atom is -0.495 e. The van der Waals surface area contributed by atoms with E-state index >= 15 is 0 Å². The molecule has 0 saturated carbocycles. The zero-order valence-corrected chi connectivity index (χ0v) is 16.4. The van der Waals surface area contributed by atoms with Gasteiger partial charge in [-0.3, -0.25) is 4.79 Å². The minimum atomic E-state index is -0.989. The SMILES string of the molecule is COc1ccc(C)cc1NC(=O)C(C)OC(=O)c1ccc2nc(Cl)ccc2c1. The molecule has 0 fully saturated rings. The van der Waals surface area contributed by atoms with E-state index in [2.05, 4.69) is 10.3 Å². The molecule has 1 amide bonds. The van der Waals surface area contributed by atoms with E-state index in [4.69, 9.17) is 21.1 Å². The maximum atomic E-state index is 12.4. The Kier molecular flexibility index (Phi) is 5.80. The second kappa shape index (κ2) is 8.27. The number of carbonyl (C=O) groups excluding carboxylic acids is 2. The number of esters is 1. The van der Waals surface area contributed by atoms with Crippen molar-refractivity contribution in [1.82, 2.24) is 4.98 Å². The highest BCUT2D eigenvalue weighted by atomic mass is 35.5. The summed E-state index contributed by atoms with van der Waals surface area (Å²) in [6.45, 7) is 3.41. The number of aromatic nitrogens is 1. The molecule has 6 nitrogen and oxygen atoms in total. The van der Waals surface area contributed by atoms with Crippen molar-refractivity contribution in [2.24, 2.45) is 0 Å². The normalized spacial score (nSPS) is 11.7. The number of rotatable bonds is 5. The van der Waals surface area contributed by atoms with Crippen LogP contribution in [0.1, 0.15) is 22.8 Å². The third-order valence-corrected chi connectivity index (χ3v) is 4.37. The van der Waals surface area contributed by atoms with E-state index in [0.29, 0.717) is 27.7 Å². The van der Waals surface area contributed by atoms with Crippen LogP contribution in [0.25, 0.3) is 10.9 Å². The first-order chi connectivity index (χ1) is 13.4. The number of hydrogen-bond donors (Lipinski definition) is 1. The van der Waals surface area contributed by atoms with Crippen molar-refractivity contribution in [3.05, 3.63) is 64.8 Å².